The van der Waals surface area contributed by atoms with E-state index in [9.17, 15) is 9.59 Å². The Morgan fingerprint density at radius 2 is 2.17 bits per heavy atom. The molecule has 0 spiro atoms. The minimum atomic E-state index is -0.977. The molecule has 1 aromatic carbocycles. The number of H-pyrrole nitrogens is 1. The van der Waals surface area contributed by atoms with Crippen molar-refractivity contribution < 1.29 is 9.90 Å². The number of aryl methyl sites for hydroxylation is 1. The molecule has 0 aliphatic carbocycles. The fourth-order valence-corrected chi connectivity index (χ4v) is 5.12. The van der Waals surface area contributed by atoms with E-state index in [2.05, 4.69) is 15.1 Å². The van der Waals surface area contributed by atoms with Gasteiger partial charge in [-0.05, 0) is 36.8 Å². The molecule has 0 saturated heterocycles. The number of fused-ring (bicyclic) bond motifs is 1. The molecular formula is C22H19ClN8O3S. The Hall–Kier alpha value is -4.00. The first-order valence-corrected chi connectivity index (χ1v) is 11.6. The van der Waals surface area contributed by atoms with Gasteiger partial charge in [-0.25, -0.2) is 20.6 Å². The molecule has 11 nitrogen and oxygen atoms in total. The van der Waals surface area contributed by atoms with Crippen LogP contribution in [0.25, 0.3) is 21.8 Å². The van der Waals surface area contributed by atoms with E-state index >= 15 is 0 Å². The van der Waals surface area contributed by atoms with Crippen molar-refractivity contribution in [3.8, 4) is 21.8 Å². The van der Waals surface area contributed by atoms with Crippen LogP contribution < -0.4 is 22.3 Å². The number of anilines is 1. The minimum absolute atomic E-state index is 0.239. The van der Waals surface area contributed by atoms with E-state index in [1.165, 1.54) is 17.4 Å². The predicted octanol–water partition coefficient (Wildman–Crippen LogP) is 2.83. The van der Waals surface area contributed by atoms with Gasteiger partial charge in [0.25, 0.3) is 5.56 Å². The number of thiophene rings is 1. The van der Waals surface area contributed by atoms with Gasteiger partial charge in [0.1, 0.15) is 22.9 Å². The fraction of sp³-hybridized carbons (Fsp3) is 0.136. The molecule has 1 atom stereocenters. The lowest BCUT2D eigenvalue weighted by atomic mass is 10.1. The van der Waals surface area contributed by atoms with Crippen LogP contribution in [0, 0.1) is 0 Å². The summed E-state index contributed by atoms with van der Waals surface area (Å²) in [6.45, 7) is 0. The molecule has 13 heteroatoms. The van der Waals surface area contributed by atoms with Crippen LogP contribution in [0.2, 0.25) is 5.02 Å². The number of benzene rings is 1. The van der Waals surface area contributed by atoms with Gasteiger partial charge in [-0.1, -0.05) is 11.6 Å². The fourth-order valence-electron chi connectivity index (χ4n) is 4.14. The number of hydrogen-bond donors (Lipinski definition) is 4. The second-order valence-corrected chi connectivity index (χ2v) is 9.32. The van der Waals surface area contributed by atoms with Gasteiger partial charge in [0.15, 0.2) is 0 Å². The predicted molar refractivity (Wildman–Crippen MR) is 134 cm³/mol. The van der Waals surface area contributed by atoms with Crippen LogP contribution in [-0.4, -0.2) is 36.9 Å². The Labute approximate surface area is 207 Å². The normalized spacial score (nSPS) is 15.0. The van der Waals surface area contributed by atoms with Gasteiger partial charge in [0.05, 0.1) is 34.2 Å². The molecule has 0 radical (unpaired) electrons. The summed E-state index contributed by atoms with van der Waals surface area (Å²) in [6.07, 6.45) is 4.09. The number of carboxylic acid groups (broad SMARTS) is 1. The first-order chi connectivity index (χ1) is 16.9. The smallest absolute Gasteiger partial charge is 0.345 e. The van der Waals surface area contributed by atoms with Crippen molar-refractivity contribution in [3.63, 3.8) is 0 Å². The maximum atomic E-state index is 13.2. The molecule has 4 aromatic rings. The summed E-state index contributed by atoms with van der Waals surface area (Å²) in [7, 11) is 0. The molecule has 0 amide bonds. The monoisotopic (exact) mass is 510 g/mol. The van der Waals surface area contributed by atoms with Gasteiger partial charge in [0, 0.05) is 23.1 Å². The summed E-state index contributed by atoms with van der Waals surface area (Å²) in [4.78, 5) is 37.8. The summed E-state index contributed by atoms with van der Waals surface area (Å²) >= 11 is 7.36. The molecule has 1 unspecified atom stereocenters. The van der Waals surface area contributed by atoms with Gasteiger partial charge in [-0.15, -0.1) is 11.3 Å². The number of nitrogens with one attached hydrogen (secondary N) is 1. The number of aromatic nitrogens is 4. The standard InChI is InChI=1S/C22H19ClN8O3S/c23-11-1-2-15(30(25)10-27-24)12(7-11)13-8-20(32)31-16(3-6-19(31)28-13)21-26-9-14(29-21)17-4-5-18(35-17)22(33)34/h1-2,4-5,7-10,16H,3,6,24-25H2,(H,26,29)(H,33,34)/b27-10-. The number of hydrazone groups is 1. The van der Waals surface area contributed by atoms with E-state index in [0.717, 1.165) is 16.2 Å². The van der Waals surface area contributed by atoms with Gasteiger partial charge < -0.3 is 15.9 Å². The summed E-state index contributed by atoms with van der Waals surface area (Å²) in [5, 5.41) is 14.3. The van der Waals surface area contributed by atoms with Crippen LogP contribution in [0.5, 0.6) is 0 Å². The largest absolute Gasteiger partial charge is 0.477 e. The van der Waals surface area contributed by atoms with Crippen molar-refractivity contribution in [1.82, 2.24) is 19.5 Å². The second-order valence-electron chi connectivity index (χ2n) is 7.80. The van der Waals surface area contributed by atoms with Crippen LogP contribution in [0.15, 0.2) is 52.5 Å². The number of carbonyl (C=O) groups is 1. The molecule has 1 aliphatic rings. The first kappa shape index (κ1) is 22.8. The second kappa shape index (κ2) is 8.98. The highest BCUT2D eigenvalue weighted by Crippen LogP contribution is 2.34. The Balaban J connectivity index is 1.51. The number of halogens is 1. The lowest BCUT2D eigenvalue weighted by Crippen LogP contribution is -2.30. The number of nitrogens with zero attached hydrogens (tertiary/aromatic N) is 5. The van der Waals surface area contributed by atoms with Gasteiger partial charge in [-0.2, -0.15) is 5.10 Å². The lowest BCUT2D eigenvalue weighted by Gasteiger charge is -2.18. The van der Waals surface area contributed by atoms with Crippen LogP contribution in [-0.2, 0) is 6.42 Å². The van der Waals surface area contributed by atoms with E-state index in [1.807, 2.05) is 0 Å². The van der Waals surface area contributed by atoms with Crippen molar-refractivity contribution in [3.05, 3.63) is 74.5 Å². The number of carboxylic acids is 1. The van der Waals surface area contributed by atoms with Gasteiger partial charge in [0.2, 0.25) is 0 Å². The summed E-state index contributed by atoms with van der Waals surface area (Å²) in [5.74, 6) is 11.5. The summed E-state index contributed by atoms with van der Waals surface area (Å²) < 4.78 is 1.62. The summed E-state index contributed by atoms with van der Waals surface area (Å²) in [5.41, 5.74) is 1.98. The average Bonchev–Trinajstić information content (AvgIpc) is 3.57. The average molecular weight is 511 g/mol. The zero-order chi connectivity index (χ0) is 24.7. The number of hydrazine groups is 1. The molecule has 4 heterocycles. The highest BCUT2D eigenvalue weighted by Gasteiger charge is 2.29. The minimum Gasteiger partial charge on any atom is -0.477 e. The maximum absolute atomic E-state index is 13.2. The first-order valence-electron chi connectivity index (χ1n) is 10.4. The number of rotatable bonds is 6. The Kier molecular flexibility index (Phi) is 5.84. The molecule has 0 fully saturated rings. The van der Waals surface area contributed by atoms with E-state index in [1.54, 1.807) is 41.1 Å². The molecule has 3 aromatic heterocycles. The zero-order valence-corrected chi connectivity index (χ0v) is 19.6. The Morgan fingerprint density at radius 3 is 2.91 bits per heavy atom. The van der Waals surface area contributed by atoms with Crippen molar-refractivity contribution >= 4 is 40.9 Å². The van der Waals surface area contributed by atoms with Crippen LogP contribution in [0.3, 0.4) is 0 Å². The van der Waals surface area contributed by atoms with Crippen LogP contribution >= 0.6 is 22.9 Å². The highest BCUT2D eigenvalue weighted by molar-refractivity contribution is 7.17. The molecule has 0 bridgehead atoms. The topological polar surface area (TPSA) is 169 Å². The van der Waals surface area contributed by atoms with E-state index < -0.39 is 5.97 Å². The third-order valence-corrected chi connectivity index (χ3v) is 7.02. The highest BCUT2D eigenvalue weighted by atomic mass is 35.5. The lowest BCUT2D eigenvalue weighted by molar-refractivity contribution is 0.0702. The molecular weight excluding hydrogens is 492 g/mol. The van der Waals surface area contributed by atoms with E-state index in [4.69, 9.17) is 33.4 Å². The Morgan fingerprint density at radius 1 is 1.34 bits per heavy atom. The van der Waals surface area contributed by atoms with E-state index in [0.29, 0.717) is 52.2 Å². The number of aromatic carboxylic acids is 1. The maximum Gasteiger partial charge on any atom is 0.345 e. The molecule has 5 rings (SSSR count). The molecule has 35 heavy (non-hydrogen) atoms. The van der Waals surface area contributed by atoms with Crippen molar-refractivity contribution in [1.29, 1.82) is 0 Å². The van der Waals surface area contributed by atoms with Crippen LogP contribution in [0.1, 0.15) is 33.8 Å². The van der Waals surface area contributed by atoms with Crippen LogP contribution in [0.4, 0.5) is 5.69 Å². The van der Waals surface area contributed by atoms with Crippen molar-refractivity contribution in [2.45, 2.75) is 18.9 Å². The number of aromatic amines is 1. The van der Waals surface area contributed by atoms with E-state index in [-0.39, 0.29) is 16.5 Å². The third kappa shape index (κ3) is 4.18. The van der Waals surface area contributed by atoms with Crippen molar-refractivity contribution in [2.75, 3.05) is 5.01 Å². The number of hydrogen-bond acceptors (Lipinski definition) is 8. The molecule has 1 aliphatic heterocycles. The molecule has 6 N–H and O–H groups in total. The molecule has 178 valence electrons. The third-order valence-electron chi connectivity index (χ3n) is 5.68. The number of imidazole rings is 1. The SMILES string of the molecule is N/N=C\N(N)c1ccc(Cl)cc1-c1cc(=O)n2c(n1)CCC2c1ncc(-c2ccc(C(=O)O)s2)[nH]1. The quantitative estimate of drug-likeness (QED) is 0.133. The zero-order valence-electron chi connectivity index (χ0n) is 18.1. The van der Waals surface area contributed by atoms with Gasteiger partial charge in [-0.3, -0.25) is 14.4 Å². The van der Waals surface area contributed by atoms with Crippen molar-refractivity contribution in [2.24, 2.45) is 16.8 Å². The number of nitrogens with two attached hydrogens (primary N) is 2. The van der Waals surface area contributed by atoms with Gasteiger partial charge >= 0.3 is 5.97 Å². The molecule has 0 saturated carbocycles. The Bertz CT molecular complexity index is 1530. The summed E-state index contributed by atoms with van der Waals surface area (Å²) in [6, 6.07) is 9.44.